The molecule has 2 rings (SSSR count). The van der Waals surface area contributed by atoms with Crippen LogP contribution >= 0.6 is 0 Å². The molecule has 0 atom stereocenters. The summed E-state index contributed by atoms with van der Waals surface area (Å²) in [4.78, 5) is 10.6. The average Bonchev–Trinajstić information content (AvgIpc) is 2.80. The fraction of sp³-hybridized carbons (Fsp3) is 0.0714. The van der Waals surface area contributed by atoms with Crippen LogP contribution in [0.4, 0.5) is 5.82 Å². The maximum absolute atomic E-state index is 10.6. The van der Waals surface area contributed by atoms with E-state index in [1.165, 1.54) is 10.9 Å². The van der Waals surface area contributed by atoms with E-state index in [4.69, 9.17) is 16.7 Å². The van der Waals surface area contributed by atoms with E-state index in [9.17, 15) is 4.79 Å². The highest BCUT2D eigenvalue weighted by atomic mass is 16.1. The van der Waals surface area contributed by atoms with Crippen LogP contribution < -0.4 is 11.5 Å². The second kappa shape index (κ2) is 5.71. The van der Waals surface area contributed by atoms with Crippen molar-refractivity contribution in [1.29, 1.82) is 5.26 Å². The van der Waals surface area contributed by atoms with E-state index in [0.717, 1.165) is 11.3 Å². The molecule has 0 fully saturated rings. The topological polar surface area (TPSA) is 111 Å². The summed E-state index contributed by atoms with van der Waals surface area (Å²) in [6.45, 7) is 0. The second-order valence-electron chi connectivity index (χ2n) is 4.13. The van der Waals surface area contributed by atoms with Crippen molar-refractivity contribution in [2.45, 2.75) is 6.42 Å². The Morgan fingerprint density at radius 1 is 1.40 bits per heavy atom. The number of amides is 1. The van der Waals surface area contributed by atoms with Crippen LogP contribution in [-0.4, -0.2) is 15.7 Å². The van der Waals surface area contributed by atoms with Crippen molar-refractivity contribution in [3.05, 3.63) is 47.7 Å². The summed E-state index contributed by atoms with van der Waals surface area (Å²) < 4.78 is 1.50. The second-order valence-corrected chi connectivity index (χ2v) is 4.13. The van der Waals surface area contributed by atoms with E-state index >= 15 is 0 Å². The molecule has 0 unspecified atom stereocenters. The number of carbonyl (C=O) groups is 1. The Kier molecular flexibility index (Phi) is 3.82. The lowest BCUT2D eigenvalue weighted by Crippen LogP contribution is -2.07. The van der Waals surface area contributed by atoms with Crippen LogP contribution in [0.25, 0.3) is 11.8 Å². The third-order valence-electron chi connectivity index (χ3n) is 2.69. The number of rotatable bonds is 4. The summed E-state index contributed by atoms with van der Waals surface area (Å²) in [6.07, 6.45) is 5.14. The number of nitrogen functional groups attached to an aromatic ring is 1. The van der Waals surface area contributed by atoms with Gasteiger partial charge in [-0.3, -0.25) is 4.79 Å². The van der Waals surface area contributed by atoms with Gasteiger partial charge in [0.1, 0.15) is 17.5 Å². The van der Waals surface area contributed by atoms with Gasteiger partial charge in [0.25, 0.3) is 0 Å². The maximum Gasteiger partial charge on any atom is 0.221 e. The van der Waals surface area contributed by atoms with Crippen LogP contribution in [0.5, 0.6) is 0 Å². The molecule has 0 spiro atoms. The van der Waals surface area contributed by atoms with Gasteiger partial charge in [0.2, 0.25) is 5.91 Å². The molecule has 1 aromatic carbocycles. The van der Waals surface area contributed by atoms with Crippen molar-refractivity contribution in [2.24, 2.45) is 5.73 Å². The van der Waals surface area contributed by atoms with E-state index in [2.05, 4.69) is 5.10 Å². The van der Waals surface area contributed by atoms with Crippen molar-refractivity contribution < 1.29 is 4.79 Å². The van der Waals surface area contributed by atoms with Crippen molar-refractivity contribution >= 4 is 17.8 Å². The number of nitriles is 1. The first-order chi connectivity index (χ1) is 9.61. The number of nitrogens with two attached hydrogens (primary N) is 2. The largest absolute Gasteiger partial charge is 0.382 e. The lowest BCUT2D eigenvalue weighted by molar-refractivity contribution is -0.117. The van der Waals surface area contributed by atoms with Crippen LogP contribution in [0.15, 0.2) is 36.5 Å². The summed E-state index contributed by atoms with van der Waals surface area (Å²) in [5, 5.41) is 12.9. The first kappa shape index (κ1) is 13.4. The Balaban J connectivity index is 2.20. The molecule has 20 heavy (non-hydrogen) atoms. The molecule has 0 aliphatic rings. The molecule has 2 aromatic rings. The number of aromatic nitrogens is 2. The Morgan fingerprint density at radius 3 is 2.65 bits per heavy atom. The molecule has 100 valence electrons. The molecule has 0 aliphatic carbocycles. The van der Waals surface area contributed by atoms with Gasteiger partial charge in [-0.25, -0.2) is 4.68 Å². The number of benzene rings is 1. The van der Waals surface area contributed by atoms with E-state index in [0.29, 0.717) is 11.4 Å². The van der Waals surface area contributed by atoms with Gasteiger partial charge in [0.05, 0.1) is 11.9 Å². The van der Waals surface area contributed by atoms with Crippen molar-refractivity contribution in [1.82, 2.24) is 9.78 Å². The number of primary amides is 1. The Bertz CT molecular complexity index is 691. The first-order valence-electron chi connectivity index (χ1n) is 5.90. The molecule has 0 radical (unpaired) electrons. The van der Waals surface area contributed by atoms with Gasteiger partial charge in [-0.15, -0.1) is 0 Å². The predicted octanol–water partition coefficient (Wildman–Crippen LogP) is 1.21. The molecule has 1 aromatic heterocycles. The fourth-order valence-electron chi connectivity index (χ4n) is 1.69. The maximum atomic E-state index is 10.6. The summed E-state index contributed by atoms with van der Waals surface area (Å²) in [5.74, 6) is -0.0595. The summed E-state index contributed by atoms with van der Waals surface area (Å²) in [7, 11) is 0. The van der Waals surface area contributed by atoms with Crippen LogP contribution in [0, 0.1) is 11.3 Å². The molecule has 4 N–H and O–H groups in total. The third kappa shape index (κ3) is 2.84. The van der Waals surface area contributed by atoms with Crippen LogP contribution in [0.3, 0.4) is 0 Å². The summed E-state index contributed by atoms with van der Waals surface area (Å²) >= 11 is 0. The van der Waals surface area contributed by atoms with E-state index in [1.54, 1.807) is 6.08 Å². The van der Waals surface area contributed by atoms with Crippen molar-refractivity contribution in [3.8, 4) is 11.8 Å². The SMILES string of the molecule is N#Cc1cnn(-c2ccc(C=CCC(N)=O)cc2)c1N. The predicted molar refractivity (Wildman–Crippen MR) is 75.5 cm³/mol. The van der Waals surface area contributed by atoms with Crippen molar-refractivity contribution in [3.63, 3.8) is 0 Å². The van der Waals surface area contributed by atoms with E-state index in [1.807, 2.05) is 36.4 Å². The summed E-state index contributed by atoms with van der Waals surface area (Å²) in [6, 6.07) is 9.35. The molecule has 0 saturated carbocycles. The minimum absolute atomic E-state index is 0.208. The highest BCUT2D eigenvalue weighted by Crippen LogP contribution is 2.17. The Hall–Kier alpha value is -3.07. The zero-order valence-corrected chi connectivity index (χ0v) is 10.7. The smallest absolute Gasteiger partial charge is 0.221 e. The van der Waals surface area contributed by atoms with Crippen LogP contribution in [0.2, 0.25) is 0 Å². The standard InChI is InChI=1S/C14H13N5O/c15-8-11-9-18-19(14(11)17)12-6-4-10(5-7-12)2-1-3-13(16)20/h1-2,4-7,9H,3,17H2,(H2,16,20). The number of carbonyl (C=O) groups excluding carboxylic acids is 1. The number of anilines is 1. The number of hydrogen-bond acceptors (Lipinski definition) is 4. The molecule has 0 saturated heterocycles. The Morgan fingerprint density at radius 2 is 2.10 bits per heavy atom. The molecule has 0 aliphatic heterocycles. The van der Waals surface area contributed by atoms with Gasteiger partial charge in [0.15, 0.2) is 0 Å². The molecule has 6 heteroatoms. The fourth-order valence-corrected chi connectivity index (χ4v) is 1.69. The highest BCUT2D eigenvalue weighted by molar-refractivity contribution is 5.76. The Labute approximate surface area is 115 Å². The van der Waals surface area contributed by atoms with E-state index < -0.39 is 0 Å². The van der Waals surface area contributed by atoms with Gasteiger partial charge >= 0.3 is 0 Å². The molecular formula is C14H13N5O. The van der Waals surface area contributed by atoms with Gasteiger partial charge in [-0.2, -0.15) is 10.4 Å². The zero-order chi connectivity index (χ0) is 14.5. The zero-order valence-electron chi connectivity index (χ0n) is 10.7. The summed E-state index contributed by atoms with van der Waals surface area (Å²) in [5.41, 5.74) is 12.9. The molecule has 6 nitrogen and oxygen atoms in total. The minimum atomic E-state index is -0.369. The lowest BCUT2D eigenvalue weighted by Gasteiger charge is -2.04. The normalized spacial score (nSPS) is 10.6. The first-order valence-corrected chi connectivity index (χ1v) is 5.90. The molecule has 1 heterocycles. The highest BCUT2D eigenvalue weighted by Gasteiger charge is 2.07. The van der Waals surface area contributed by atoms with E-state index in [-0.39, 0.29) is 12.3 Å². The van der Waals surface area contributed by atoms with Gasteiger partial charge < -0.3 is 11.5 Å². The monoisotopic (exact) mass is 267 g/mol. The van der Waals surface area contributed by atoms with Crippen LogP contribution in [-0.2, 0) is 4.79 Å². The van der Waals surface area contributed by atoms with Crippen LogP contribution in [0.1, 0.15) is 17.5 Å². The lowest BCUT2D eigenvalue weighted by atomic mass is 10.2. The number of nitrogens with zero attached hydrogens (tertiary/aromatic N) is 3. The molecule has 1 amide bonds. The quantitative estimate of drug-likeness (QED) is 0.867. The van der Waals surface area contributed by atoms with Crippen molar-refractivity contribution in [2.75, 3.05) is 5.73 Å². The van der Waals surface area contributed by atoms with Gasteiger partial charge in [-0.1, -0.05) is 24.3 Å². The van der Waals surface area contributed by atoms with Gasteiger partial charge in [0, 0.05) is 6.42 Å². The molecule has 0 bridgehead atoms. The average molecular weight is 267 g/mol. The molecular weight excluding hydrogens is 254 g/mol. The minimum Gasteiger partial charge on any atom is -0.382 e. The van der Waals surface area contributed by atoms with Gasteiger partial charge in [-0.05, 0) is 17.7 Å². The third-order valence-corrected chi connectivity index (χ3v) is 2.69. The number of hydrogen-bond donors (Lipinski definition) is 2.